The lowest BCUT2D eigenvalue weighted by atomic mass is 10.0. The average molecular weight is 248 g/mol. The molecule has 0 saturated carbocycles. The molecule has 1 aromatic carbocycles. The van der Waals surface area contributed by atoms with Crippen LogP contribution < -0.4 is 15.4 Å². The van der Waals surface area contributed by atoms with Crippen LogP contribution in [0, 0.1) is 12.8 Å². The van der Waals surface area contributed by atoms with Crippen molar-refractivity contribution in [2.75, 3.05) is 19.0 Å². The molecule has 0 aliphatic carbocycles. The second kappa shape index (κ2) is 5.40. The van der Waals surface area contributed by atoms with Crippen molar-refractivity contribution in [1.82, 2.24) is 5.32 Å². The number of benzene rings is 1. The third kappa shape index (κ3) is 2.64. The Balaban J connectivity index is 2.07. The Hall–Kier alpha value is -1.55. The number of carbonyl (C=O) groups excluding carboxylic acids is 1. The van der Waals surface area contributed by atoms with Crippen molar-refractivity contribution in [3.63, 3.8) is 0 Å². The van der Waals surface area contributed by atoms with Crippen LogP contribution in [0.2, 0.25) is 0 Å². The Morgan fingerprint density at radius 2 is 2.28 bits per heavy atom. The third-order valence-corrected chi connectivity index (χ3v) is 3.55. The standard InChI is InChI=1S/C14H20N2O2/c1-9-8-11(18-3)4-5-13(9)16-14(17)12-6-7-15-10(12)2/h4-5,8,10,12,15H,6-7H2,1-3H3,(H,16,17). The minimum atomic E-state index is 0.0616. The second-order valence-electron chi connectivity index (χ2n) is 4.81. The maximum atomic E-state index is 12.1. The van der Waals surface area contributed by atoms with E-state index in [2.05, 4.69) is 17.6 Å². The van der Waals surface area contributed by atoms with Crippen LogP contribution in [0.5, 0.6) is 5.75 Å². The molecule has 1 saturated heterocycles. The fraction of sp³-hybridized carbons (Fsp3) is 0.500. The molecule has 2 rings (SSSR count). The predicted octanol–water partition coefficient (Wildman–Crippen LogP) is 1.94. The summed E-state index contributed by atoms with van der Waals surface area (Å²) < 4.78 is 5.15. The molecule has 1 aromatic rings. The number of amides is 1. The van der Waals surface area contributed by atoms with Gasteiger partial charge in [0.05, 0.1) is 13.0 Å². The van der Waals surface area contributed by atoms with Crippen LogP contribution >= 0.6 is 0 Å². The number of aryl methyl sites for hydroxylation is 1. The van der Waals surface area contributed by atoms with Crippen LogP contribution in [0.3, 0.4) is 0 Å². The summed E-state index contributed by atoms with van der Waals surface area (Å²) in [6.45, 7) is 4.94. The monoisotopic (exact) mass is 248 g/mol. The summed E-state index contributed by atoms with van der Waals surface area (Å²) in [6, 6.07) is 5.92. The molecule has 0 aromatic heterocycles. The SMILES string of the molecule is COc1ccc(NC(=O)C2CCNC2C)c(C)c1. The number of nitrogens with one attached hydrogen (secondary N) is 2. The first-order valence-electron chi connectivity index (χ1n) is 6.30. The number of hydrogen-bond donors (Lipinski definition) is 2. The van der Waals surface area contributed by atoms with E-state index in [1.54, 1.807) is 7.11 Å². The van der Waals surface area contributed by atoms with Crippen molar-refractivity contribution in [3.8, 4) is 5.75 Å². The van der Waals surface area contributed by atoms with Gasteiger partial charge in [-0.3, -0.25) is 4.79 Å². The quantitative estimate of drug-likeness (QED) is 0.859. The molecule has 1 amide bonds. The molecule has 98 valence electrons. The van der Waals surface area contributed by atoms with E-state index in [9.17, 15) is 4.79 Å². The van der Waals surface area contributed by atoms with Crippen molar-refractivity contribution in [2.45, 2.75) is 26.3 Å². The molecular formula is C14H20N2O2. The molecule has 2 unspecified atom stereocenters. The lowest BCUT2D eigenvalue weighted by Gasteiger charge is -2.16. The maximum absolute atomic E-state index is 12.1. The van der Waals surface area contributed by atoms with Gasteiger partial charge in [0.1, 0.15) is 5.75 Å². The molecule has 0 radical (unpaired) electrons. The molecule has 0 bridgehead atoms. The van der Waals surface area contributed by atoms with Gasteiger partial charge >= 0.3 is 0 Å². The van der Waals surface area contributed by atoms with E-state index in [0.717, 1.165) is 30.0 Å². The zero-order chi connectivity index (χ0) is 13.1. The van der Waals surface area contributed by atoms with Gasteiger partial charge in [-0.25, -0.2) is 0 Å². The first-order valence-corrected chi connectivity index (χ1v) is 6.30. The number of anilines is 1. The average Bonchev–Trinajstić information content (AvgIpc) is 2.78. The Morgan fingerprint density at radius 1 is 1.50 bits per heavy atom. The zero-order valence-electron chi connectivity index (χ0n) is 11.1. The molecule has 2 atom stereocenters. The Kier molecular flexibility index (Phi) is 3.87. The zero-order valence-corrected chi connectivity index (χ0v) is 11.1. The van der Waals surface area contributed by atoms with Crippen LogP contribution in [0.1, 0.15) is 18.9 Å². The largest absolute Gasteiger partial charge is 0.497 e. The molecule has 1 aliphatic rings. The van der Waals surface area contributed by atoms with Crippen molar-refractivity contribution in [1.29, 1.82) is 0 Å². The lowest BCUT2D eigenvalue weighted by molar-refractivity contribution is -0.120. The number of ether oxygens (including phenoxy) is 1. The van der Waals surface area contributed by atoms with Crippen LogP contribution in [0.15, 0.2) is 18.2 Å². The van der Waals surface area contributed by atoms with Gasteiger partial charge in [-0.1, -0.05) is 0 Å². The van der Waals surface area contributed by atoms with Crippen molar-refractivity contribution >= 4 is 11.6 Å². The summed E-state index contributed by atoms with van der Waals surface area (Å²) in [5.41, 5.74) is 1.88. The van der Waals surface area contributed by atoms with Gasteiger partial charge in [0.15, 0.2) is 0 Å². The van der Waals surface area contributed by atoms with Gasteiger partial charge in [-0.05, 0) is 50.6 Å². The van der Waals surface area contributed by atoms with Gasteiger partial charge in [-0.15, -0.1) is 0 Å². The molecule has 1 heterocycles. The van der Waals surface area contributed by atoms with E-state index in [1.165, 1.54) is 0 Å². The highest BCUT2D eigenvalue weighted by molar-refractivity contribution is 5.94. The first kappa shape index (κ1) is 12.9. The molecule has 0 spiro atoms. The van der Waals surface area contributed by atoms with Gasteiger partial charge in [0.25, 0.3) is 0 Å². The Labute approximate surface area is 108 Å². The number of rotatable bonds is 3. The summed E-state index contributed by atoms with van der Waals surface area (Å²) in [7, 11) is 1.64. The minimum absolute atomic E-state index is 0.0616. The highest BCUT2D eigenvalue weighted by Crippen LogP contribution is 2.23. The van der Waals surface area contributed by atoms with E-state index >= 15 is 0 Å². The summed E-state index contributed by atoms with van der Waals surface area (Å²) in [6.07, 6.45) is 0.905. The molecule has 18 heavy (non-hydrogen) atoms. The minimum Gasteiger partial charge on any atom is -0.497 e. The van der Waals surface area contributed by atoms with E-state index < -0.39 is 0 Å². The summed E-state index contributed by atoms with van der Waals surface area (Å²) in [5.74, 6) is 0.966. The summed E-state index contributed by atoms with van der Waals surface area (Å²) >= 11 is 0. The van der Waals surface area contributed by atoms with E-state index in [1.807, 2.05) is 25.1 Å². The van der Waals surface area contributed by atoms with E-state index in [0.29, 0.717) is 0 Å². The summed E-state index contributed by atoms with van der Waals surface area (Å²) in [5, 5.41) is 6.29. The Bertz CT molecular complexity index is 445. The van der Waals surface area contributed by atoms with Crippen molar-refractivity contribution in [3.05, 3.63) is 23.8 Å². The lowest BCUT2D eigenvalue weighted by Crippen LogP contribution is -2.32. The van der Waals surface area contributed by atoms with Gasteiger partial charge in [0, 0.05) is 11.7 Å². The highest BCUT2D eigenvalue weighted by Gasteiger charge is 2.29. The normalized spacial score (nSPS) is 22.8. The number of hydrogen-bond acceptors (Lipinski definition) is 3. The molecule has 1 fully saturated rings. The predicted molar refractivity (Wildman–Crippen MR) is 71.9 cm³/mol. The number of methoxy groups -OCH3 is 1. The fourth-order valence-corrected chi connectivity index (χ4v) is 2.35. The van der Waals surface area contributed by atoms with Crippen LogP contribution in [-0.4, -0.2) is 25.6 Å². The van der Waals surface area contributed by atoms with Gasteiger partial charge in [0.2, 0.25) is 5.91 Å². The Morgan fingerprint density at radius 3 is 2.83 bits per heavy atom. The van der Waals surface area contributed by atoms with Crippen LogP contribution in [0.25, 0.3) is 0 Å². The molecular weight excluding hydrogens is 228 g/mol. The van der Waals surface area contributed by atoms with Crippen molar-refractivity contribution in [2.24, 2.45) is 5.92 Å². The highest BCUT2D eigenvalue weighted by atomic mass is 16.5. The summed E-state index contributed by atoms with van der Waals surface area (Å²) in [4.78, 5) is 12.1. The molecule has 4 heteroatoms. The third-order valence-electron chi connectivity index (χ3n) is 3.55. The van der Waals surface area contributed by atoms with Crippen LogP contribution in [-0.2, 0) is 4.79 Å². The van der Waals surface area contributed by atoms with Gasteiger partial charge < -0.3 is 15.4 Å². The molecule has 2 N–H and O–H groups in total. The van der Waals surface area contributed by atoms with Crippen LogP contribution in [0.4, 0.5) is 5.69 Å². The topological polar surface area (TPSA) is 50.4 Å². The van der Waals surface area contributed by atoms with Crippen molar-refractivity contribution < 1.29 is 9.53 Å². The first-order chi connectivity index (χ1) is 8.61. The van der Waals surface area contributed by atoms with E-state index in [4.69, 9.17) is 4.74 Å². The fourth-order valence-electron chi connectivity index (χ4n) is 2.35. The maximum Gasteiger partial charge on any atom is 0.229 e. The molecule has 1 aliphatic heterocycles. The molecule has 4 nitrogen and oxygen atoms in total. The number of carbonyl (C=O) groups is 1. The smallest absolute Gasteiger partial charge is 0.229 e. The van der Waals surface area contributed by atoms with E-state index in [-0.39, 0.29) is 17.9 Å². The van der Waals surface area contributed by atoms with Gasteiger partial charge in [-0.2, -0.15) is 0 Å². The second-order valence-corrected chi connectivity index (χ2v) is 4.81.